The molecule has 0 radical (unpaired) electrons. The second kappa shape index (κ2) is 6.36. The van der Waals surface area contributed by atoms with E-state index in [4.69, 9.17) is 5.11 Å². The van der Waals surface area contributed by atoms with Gasteiger partial charge >= 0.3 is 5.97 Å². The van der Waals surface area contributed by atoms with E-state index in [1.165, 1.54) is 0 Å². The number of aliphatic hydroxyl groups excluding tert-OH is 1. The molecule has 2 N–H and O–H groups in total. The molecule has 3 unspecified atom stereocenters. The minimum absolute atomic E-state index is 0.209. The standard InChI is InChI=1S/C13H25NO3/c1-9(2)14-8-12(15)7-11(14)6-4-5-10(3)13(16)17/h9-12,15H,4-8H2,1-3H3,(H,16,17). The number of aliphatic carboxylic acids is 1. The monoisotopic (exact) mass is 243 g/mol. The van der Waals surface area contributed by atoms with E-state index in [0.29, 0.717) is 12.1 Å². The first kappa shape index (κ1) is 14.5. The van der Waals surface area contributed by atoms with Gasteiger partial charge in [-0.1, -0.05) is 13.3 Å². The Morgan fingerprint density at radius 3 is 2.59 bits per heavy atom. The zero-order valence-corrected chi connectivity index (χ0v) is 11.1. The normalized spacial score (nSPS) is 27.6. The Kier molecular flexibility index (Phi) is 5.40. The molecule has 1 fully saturated rings. The molecule has 0 aromatic heterocycles. The van der Waals surface area contributed by atoms with Gasteiger partial charge in [0.25, 0.3) is 0 Å². The van der Waals surface area contributed by atoms with Crippen molar-refractivity contribution in [1.82, 2.24) is 4.90 Å². The summed E-state index contributed by atoms with van der Waals surface area (Å²) in [6.45, 7) is 6.80. The van der Waals surface area contributed by atoms with Gasteiger partial charge in [-0.3, -0.25) is 9.69 Å². The van der Waals surface area contributed by atoms with Gasteiger partial charge in [0.2, 0.25) is 0 Å². The fourth-order valence-corrected chi connectivity index (χ4v) is 2.62. The van der Waals surface area contributed by atoms with E-state index < -0.39 is 5.97 Å². The lowest BCUT2D eigenvalue weighted by molar-refractivity contribution is -0.141. The van der Waals surface area contributed by atoms with Crippen molar-refractivity contribution in [3.05, 3.63) is 0 Å². The molecule has 0 aliphatic carbocycles. The Morgan fingerprint density at radius 1 is 1.41 bits per heavy atom. The Balaban J connectivity index is 2.33. The van der Waals surface area contributed by atoms with Crippen LogP contribution < -0.4 is 0 Å². The number of nitrogens with zero attached hydrogens (tertiary/aromatic N) is 1. The zero-order valence-electron chi connectivity index (χ0n) is 11.1. The first-order valence-electron chi connectivity index (χ1n) is 6.58. The van der Waals surface area contributed by atoms with E-state index in [0.717, 1.165) is 32.2 Å². The highest BCUT2D eigenvalue weighted by Crippen LogP contribution is 2.25. The third-order valence-electron chi connectivity index (χ3n) is 3.69. The number of likely N-dealkylation sites (tertiary alicyclic amines) is 1. The van der Waals surface area contributed by atoms with Gasteiger partial charge in [0, 0.05) is 18.6 Å². The highest BCUT2D eigenvalue weighted by atomic mass is 16.4. The van der Waals surface area contributed by atoms with E-state index in [2.05, 4.69) is 18.7 Å². The number of hydrogen-bond acceptors (Lipinski definition) is 3. The van der Waals surface area contributed by atoms with Gasteiger partial charge < -0.3 is 10.2 Å². The third kappa shape index (κ3) is 4.28. The summed E-state index contributed by atoms with van der Waals surface area (Å²) in [6, 6.07) is 0.875. The number of rotatable bonds is 6. The van der Waals surface area contributed by atoms with Crippen LogP contribution in [0.5, 0.6) is 0 Å². The van der Waals surface area contributed by atoms with E-state index in [9.17, 15) is 9.90 Å². The smallest absolute Gasteiger partial charge is 0.306 e. The molecule has 0 aromatic carbocycles. The van der Waals surface area contributed by atoms with Crippen LogP contribution in [0.15, 0.2) is 0 Å². The fraction of sp³-hybridized carbons (Fsp3) is 0.923. The Morgan fingerprint density at radius 2 is 2.06 bits per heavy atom. The highest BCUT2D eigenvalue weighted by molar-refractivity contribution is 5.69. The van der Waals surface area contributed by atoms with Crippen LogP contribution in [0, 0.1) is 5.92 Å². The first-order chi connectivity index (χ1) is 7.91. The SMILES string of the molecule is CC(CCCC1CC(O)CN1C(C)C)C(=O)O. The van der Waals surface area contributed by atoms with Gasteiger partial charge in [-0.25, -0.2) is 0 Å². The summed E-state index contributed by atoms with van der Waals surface area (Å²) in [6.07, 6.45) is 3.27. The number of carboxylic acid groups (broad SMARTS) is 1. The molecule has 4 nitrogen and oxygen atoms in total. The van der Waals surface area contributed by atoms with Crippen molar-refractivity contribution < 1.29 is 15.0 Å². The Hall–Kier alpha value is -0.610. The minimum atomic E-state index is -0.711. The van der Waals surface area contributed by atoms with Crippen molar-refractivity contribution in [3.8, 4) is 0 Å². The summed E-state index contributed by atoms with van der Waals surface area (Å²) in [5.41, 5.74) is 0. The van der Waals surface area contributed by atoms with Gasteiger partial charge in [0.1, 0.15) is 0 Å². The van der Waals surface area contributed by atoms with Crippen LogP contribution >= 0.6 is 0 Å². The van der Waals surface area contributed by atoms with Crippen molar-refractivity contribution in [2.24, 2.45) is 5.92 Å². The fourth-order valence-electron chi connectivity index (χ4n) is 2.62. The number of carbonyl (C=O) groups is 1. The molecule has 4 heteroatoms. The van der Waals surface area contributed by atoms with Crippen LogP contribution in [0.3, 0.4) is 0 Å². The second-order valence-electron chi connectivity index (χ2n) is 5.50. The quantitative estimate of drug-likeness (QED) is 0.745. The molecule has 1 heterocycles. The van der Waals surface area contributed by atoms with Crippen molar-refractivity contribution >= 4 is 5.97 Å². The molecule has 1 aliphatic rings. The molecule has 0 spiro atoms. The van der Waals surface area contributed by atoms with Gasteiger partial charge in [0.05, 0.1) is 12.0 Å². The van der Waals surface area contributed by atoms with E-state index in [1.54, 1.807) is 6.92 Å². The van der Waals surface area contributed by atoms with Crippen LogP contribution in [-0.4, -0.2) is 45.8 Å². The predicted octanol–water partition coefficient (Wildman–Crippen LogP) is 1.72. The summed E-state index contributed by atoms with van der Waals surface area (Å²) in [5, 5.41) is 18.5. The summed E-state index contributed by atoms with van der Waals surface area (Å²) < 4.78 is 0. The number of β-amino-alcohol motifs (C(OH)–C–C–N with tert-alkyl or cyclic N) is 1. The lowest BCUT2D eigenvalue weighted by Gasteiger charge is -2.28. The van der Waals surface area contributed by atoms with Crippen LogP contribution in [0.1, 0.15) is 46.5 Å². The molecule has 3 atom stereocenters. The average molecular weight is 243 g/mol. The van der Waals surface area contributed by atoms with Crippen molar-refractivity contribution in [2.75, 3.05) is 6.54 Å². The summed E-state index contributed by atoms with van der Waals surface area (Å²) in [4.78, 5) is 13.0. The Bertz CT molecular complexity index is 255. The maximum absolute atomic E-state index is 10.7. The predicted molar refractivity (Wildman–Crippen MR) is 66.9 cm³/mol. The molecule has 0 bridgehead atoms. The largest absolute Gasteiger partial charge is 0.481 e. The third-order valence-corrected chi connectivity index (χ3v) is 3.69. The maximum Gasteiger partial charge on any atom is 0.306 e. The molecule has 1 rings (SSSR count). The molecule has 0 amide bonds. The summed E-state index contributed by atoms with van der Waals surface area (Å²) in [7, 11) is 0. The summed E-state index contributed by atoms with van der Waals surface area (Å²) in [5.74, 6) is -0.967. The molecule has 1 aliphatic heterocycles. The molecular weight excluding hydrogens is 218 g/mol. The van der Waals surface area contributed by atoms with E-state index in [1.807, 2.05) is 0 Å². The van der Waals surface area contributed by atoms with E-state index in [-0.39, 0.29) is 12.0 Å². The maximum atomic E-state index is 10.7. The molecule has 17 heavy (non-hydrogen) atoms. The highest BCUT2D eigenvalue weighted by Gasteiger charge is 2.31. The molecular formula is C13H25NO3. The Labute approximate surface area is 104 Å². The number of aliphatic hydroxyl groups is 1. The van der Waals surface area contributed by atoms with Crippen molar-refractivity contribution in [3.63, 3.8) is 0 Å². The number of carboxylic acids is 1. The van der Waals surface area contributed by atoms with Crippen LogP contribution in [0.2, 0.25) is 0 Å². The van der Waals surface area contributed by atoms with Gasteiger partial charge in [0.15, 0.2) is 0 Å². The van der Waals surface area contributed by atoms with Crippen molar-refractivity contribution in [1.29, 1.82) is 0 Å². The molecule has 0 saturated carbocycles. The topological polar surface area (TPSA) is 60.8 Å². The van der Waals surface area contributed by atoms with Crippen LogP contribution in [0.25, 0.3) is 0 Å². The van der Waals surface area contributed by atoms with Gasteiger partial charge in [-0.2, -0.15) is 0 Å². The first-order valence-corrected chi connectivity index (χ1v) is 6.58. The van der Waals surface area contributed by atoms with Gasteiger partial charge in [-0.05, 0) is 33.1 Å². The van der Waals surface area contributed by atoms with E-state index >= 15 is 0 Å². The van der Waals surface area contributed by atoms with Crippen LogP contribution in [-0.2, 0) is 4.79 Å². The zero-order chi connectivity index (χ0) is 13.0. The van der Waals surface area contributed by atoms with Crippen molar-refractivity contribution in [2.45, 2.75) is 64.6 Å². The molecule has 100 valence electrons. The van der Waals surface area contributed by atoms with Crippen LogP contribution in [0.4, 0.5) is 0 Å². The lowest BCUT2D eigenvalue weighted by atomic mass is 10.00. The average Bonchev–Trinajstić information content (AvgIpc) is 2.59. The molecule has 0 aromatic rings. The second-order valence-corrected chi connectivity index (χ2v) is 5.50. The van der Waals surface area contributed by atoms with Gasteiger partial charge in [-0.15, -0.1) is 0 Å². The summed E-state index contributed by atoms with van der Waals surface area (Å²) >= 11 is 0. The minimum Gasteiger partial charge on any atom is -0.481 e. The lowest BCUT2D eigenvalue weighted by Crippen LogP contribution is -2.36. The molecule has 1 saturated heterocycles. The number of hydrogen-bond donors (Lipinski definition) is 2.